The molecule has 0 amide bonds. The van der Waals surface area contributed by atoms with Crippen molar-refractivity contribution in [1.82, 2.24) is 0 Å². The molecule has 0 aliphatic carbocycles. The number of methoxy groups -OCH3 is 1. The maximum Gasteiger partial charge on any atom is 0.419 e. The molecule has 0 aromatic heterocycles. The Kier molecular flexibility index (Phi) is 4.92. The predicted molar refractivity (Wildman–Crippen MR) is 56.7 cm³/mol. The fourth-order valence-electron chi connectivity index (χ4n) is 1.32. The number of hydrogen-bond donors (Lipinski definition) is 1. The van der Waals surface area contributed by atoms with Crippen molar-refractivity contribution in [1.29, 1.82) is 0 Å². The Morgan fingerprint density at radius 2 is 2.00 bits per heavy atom. The standard InChI is InChI=1S/C11H13F4NO2/c1-17-6-8(5-16)18-7-2-3-10(12)9(4-7)11(13,14)15/h2-4,8H,5-6,16H2,1H3. The smallest absolute Gasteiger partial charge is 0.419 e. The van der Waals surface area contributed by atoms with Gasteiger partial charge in [0.1, 0.15) is 17.7 Å². The van der Waals surface area contributed by atoms with Crippen LogP contribution in [0.4, 0.5) is 17.6 Å². The molecule has 0 saturated carbocycles. The normalized spacial score (nSPS) is 13.4. The van der Waals surface area contributed by atoms with Crippen LogP contribution >= 0.6 is 0 Å². The summed E-state index contributed by atoms with van der Waals surface area (Å²) in [6, 6.07) is 2.43. The molecule has 0 spiro atoms. The van der Waals surface area contributed by atoms with Crippen LogP contribution in [0, 0.1) is 5.82 Å². The second-order valence-electron chi connectivity index (χ2n) is 3.57. The van der Waals surface area contributed by atoms with Gasteiger partial charge in [0.05, 0.1) is 12.2 Å². The van der Waals surface area contributed by atoms with Crippen LogP contribution in [0.3, 0.4) is 0 Å². The molecular formula is C11H13F4NO2. The third-order valence-electron chi connectivity index (χ3n) is 2.16. The molecule has 1 atom stereocenters. The minimum atomic E-state index is -4.76. The van der Waals surface area contributed by atoms with Crippen molar-refractivity contribution in [3.8, 4) is 5.75 Å². The monoisotopic (exact) mass is 267 g/mol. The van der Waals surface area contributed by atoms with Gasteiger partial charge in [-0.2, -0.15) is 13.2 Å². The van der Waals surface area contributed by atoms with Crippen LogP contribution in [0.15, 0.2) is 18.2 Å². The van der Waals surface area contributed by atoms with E-state index in [2.05, 4.69) is 0 Å². The Labute approximate surface area is 101 Å². The number of rotatable bonds is 5. The first-order chi connectivity index (χ1) is 8.38. The summed E-state index contributed by atoms with van der Waals surface area (Å²) < 4.78 is 60.3. The molecule has 2 N–H and O–H groups in total. The van der Waals surface area contributed by atoms with Gasteiger partial charge in [0.25, 0.3) is 0 Å². The number of benzene rings is 1. The molecule has 1 unspecified atom stereocenters. The lowest BCUT2D eigenvalue weighted by molar-refractivity contribution is -0.140. The van der Waals surface area contributed by atoms with Gasteiger partial charge >= 0.3 is 6.18 Å². The van der Waals surface area contributed by atoms with Gasteiger partial charge in [0, 0.05) is 13.7 Å². The maximum absolute atomic E-state index is 13.0. The lowest BCUT2D eigenvalue weighted by atomic mass is 10.2. The van der Waals surface area contributed by atoms with Gasteiger partial charge in [-0.3, -0.25) is 0 Å². The van der Waals surface area contributed by atoms with Crippen molar-refractivity contribution in [3.63, 3.8) is 0 Å². The van der Waals surface area contributed by atoms with Gasteiger partial charge in [-0.15, -0.1) is 0 Å². The Morgan fingerprint density at radius 3 is 2.50 bits per heavy atom. The maximum atomic E-state index is 13.0. The molecule has 0 aliphatic heterocycles. The largest absolute Gasteiger partial charge is 0.487 e. The Bertz CT molecular complexity index is 395. The van der Waals surface area contributed by atoms with E-state index in [-0.39, 0.29) is 18.9 Å². The first kappa shape index (κ1) is 14.7. The van der Waals surface area contributed by atoms with E-state index >= 15 is 0 Å². The molecule has 1 aromatic rings. The van der Waals surface area contributed by atoms with Crippen LogP contribution in [-0.4, -0.2) is 26.4 Å². The molecular weight excluding hydrogens is 254 g/mol. The van der Waals surface area contributed by atoms with Crippen molar-refractivity contribution in [2.75, 3.05) is 20.3 Å². The Hall–Kier alpha value is -1.34. The van der Waals surface area contributed by atoms with E-state index in [4.69, 9.17) is 15.2 Å². The van der Waals surface area contributed by atoms with Crippen LogP contribution in [0.5, 0.6) is 5.75 Å². The summed E-state index contributed by atoms with van der Waals surface area (Å²) in [5.74, 6) is -1.44. The lowest BCUT2D eigenvalue weighted by Crippen LogP contribution is -2.31. The van der Waals surface area contributed by atoms with Gasteiger partial charge < -0.3 is 15.2 Å². The Morgan fingerprint density at radius 1 is 1.33 bits per heavy atom. The quantitative estimate of drug-likeness (QED) is 0.832. The highest BCUT2D eigenvalue weighted by atomic mass is 19.4. The van der Waals surface area contributed by atoms with Crippen molar-refractivity contribution >= 4 is 0 Å². The molecule has 0 saturated heterocycles. The molecule has 0 radical (unpaired) electrons. The summed E-state index contributed by atoms with van der Waals surface area (Å²) in [5, 5.41) is 0. The van der Waals surface area contributed by atoms with Crippen LogP contribution in [-0.2, 0) is 10.9 Å². The fraction of sp³-hybridized carbons (Fsp3) is 0.455. The molecule has 1 rings (SSSR count). The fourth-order valence-corrected chi connectivity index (χ4v) is 1.32. The van der Waals surface area contributed by atoms with E-state index in [1.807, 2.05) is 0 Å². The van der Waals surface area contributed by atoms with Crippen molar-refractivity contribution in [2.45, 2.75) is 12.3 Å². The summed E-state index contributed by atoms with van der Waals surface area (Å²) in [6.45, 7) is 0.210. The van der Waals surface area contributed by atoms with Gasteiger partial charge in [-0.05, 0) is 18.2 Å². The summed E-state index contributed by atoms with van der Waals surface area (Å²) >= 11 is 0. The molecule has 1 aromatic carbocycles. The van der Waals surface area contributed by atoms with E-state index in [9.17, 15) is 17.6 Å². The van der Waals surface area contributed by atoms with Crippen LogP contribution < -0.4 is 10.5 Å². The lowest BCUT2D eigenvalue weighted by Gasteiger charge is -2.17. The number of alkyl halides is 3. The minimum Gasteiger partial charge on any atom is -0.487 e. The molecule has 3 nitrogen and oxygen atoms in total. The summed E-state index contributed by atoms with van der Waals surface area (Å²) in [7, 11) is 1.41. The van der Waals surface area contributed by atoms with E-state index in [1.54, 1.807) is 0 Å². The van der Waals surface area contributed by atoms with Crippen LogP contribution in [0.2, 0.25) is 0 Å². The number of halogens is 4. The van der Waals surface area contributed by atoms with Crippen LogP contribution in [0.25, 0.3) is 0 Å². The van der Waals surface area contributed by atoms with Crippen molar-refractivity contribution in [2.24, 2.45) is 5.73 Å². The molecule has 0 bridgehead atoms. The predicted octanol–water partition coefficient (Wildman–Crippen LogP) is 2.20. The summed E-state index contributed by atoms with van der Waals surface area (Å²) in [6.07, 6.45) is -5.34. The van der Waals surface area contributed by atoms with Gasteiger partial charge in [0.2, 0.25) is 0 Å². The highest BCUT2D eigenvalue weighted by Gasteiger charge is 2.34. The first-order valence-corrected chi connectivity index (χ1v) is 5.11. The van der Waals surface area contributed by atoms with E-state index in [0.717, 1.165) is 6.07 Å². The molecule has 0 heterocycles. The van der Waals surface area contributed by atoms with Crippen LogP contribution in [0.1, 0.15) is 5.56 Å². The van der Waals surface area contributed by atoms with E-state index in [1.165, 1.54) is 7.11 Å². The molecule has 18 heavy (non-hydrogen) atoms. The molecule has 7 heteroatoms. The van der Waals surface area contributed by atoms with E-state index < -0.39 is 23.7 Å². The van der Waals surface area contributed by atoms with Gasteiger partial charge in [-0.25, -0.2) is 4.39 Å². The summed E-state index contributed by atoms with van der Waals surface area (Å²) in [5.41, 5.74) is 3.99. The zero-order valence-electron chi connectivity index (χ0n) is 9.63. The van der Waals surface area contributed by atoms with Gasteiger partial charge in [0.15, 0.2) is 0 Å². The number of nitrogens with two attached hydrogens (primary N) is 1. The topological polar surface area (TPSA) is 44.5 Å². The molecule has 102 valence electrons. The third-order valence-corrected chi connectivity index (χ3v) is 2.16. The first-order valence-electron chi connectivity index (χ1n) is 5.11. The average molecular weight is 267 g/mol. The zero-order chi connectivity index (χ0) is 13.8. The Balaban J connectivity index is 2.91. The summed E-state index contributed by atoms with van der Waals surface area (Å²) in [4.78, 5) is 0. The molecule has 0 aliphatic rings. The average Bonchev–Trinajstić information content (AvgIpc) is 2.29. The minimum absolute atomic E-state index is 0.0760. The number of hydrogen-bond acceptors (Lipinski definition) is 3. The van der Waals surface area contributed by atoms with E-state index in [0.29, 0.717) is 12.1 Å². The molecule has 0 fully saturated rings. The third kappa shape index (κ3) is 3.85. The second-order valence-corrected chi connectivity index (χ2v) is 3.57. The highest BCUT2D eigenvalue weighted by Crippen LogP contribution is 2.33. The zero-order valence-corrected chi connectivity index (χ0v) is 9.63. The number of ether oxygens (including phenoxy) is 2. The van der Waals surface area contributed by atoms with Crippen molar-refractivity contribution in [3.05, 3.63) is 29.6 Å². The highest BCUT2D eigenvalue weighted by molar-refractivity contribution is 5.31. The SMILES string of the molecule is COCC(CN)Oc1ccc(F)c(C(F)(F)F)c1. The second kappa shape index (κ2) is 6.01. The van der Waals surface area contributed by atoms with Crippen molar-refractivity contribution < 1.29 is 27.0 Å². The van der Waals surface area contributed by atoms with Gasteiger partial charge in [-0.1, -0.05) is 0 Å².